The molecule has 0 aliphatic carbocycles. The molecule has 4 heterocycles. The zero-order chi connectivity index (χ0) is 19.2. The highest BCUT2D eigenvalue weighted by molar-refractivity contribution is 6.01. The van der Waals surface area contributed by atoms with Gasteiger partial charge in [-0.05, 0) is 19.8 Å². The van der Waals surface area contributed by atoms with Gasteiger partial charge in [0, 0.05) is 18.2 Å². The van der Waals surface area contributed by atoms with Gasteiger partial charge in [-0.3, -0.25) is 4.79 Å². The van der Waals surface area contributed by atoms with Crippen molar-refractivity contribution in [3.63, 3.8) is 0 Å². The van der Waals surface area contributed by atoms with Gasteiger partial charge in [0.25, 0.3) is 0 Å². The van der Waals surface area contributed by atoms with E-state index in [4.69, 9.17) is 0 Å². The number of rotatable bonds is 4. The SMILES string of the molecule is CC1C(=O)Nc2nc(-c3cn4ncnc4c(CCCC(F)(F)F)n3)ncc21. The molecule has 1 N–H and O–H groups in total. The molecule has 1 amide bonds. The number of anilines is 1. The largest absolute Gasteiger partial charge is 0.389 e. The summed E-state index contributed by atoms with van der Waals surface area (Å²) in [6, 6.07) is 0. The van der Waals surface area contributed by atoms with Gasteiger partial charge in [0.05, 0.1) is 17.8 Å². The van der Waals surface area contributed by atoms with Gasteiger partial charge in [-0.2, -0.15) is 18.3 Å². The number of aromatic nitrogens is 6. The number of hydrogen-bond donors (Lipinski definition) is 1. The topological polar surface area (TPSA) is 98.0 Å². The summed E-state index contributed by atoms with van der Waals surface area (Å²) in [7, 11) is 0. The van der Waals surface area contributed by atoms with Crippen molar-refractivity contribution >= 4 is 17.4 Å². The van der Waals surface area contributed by atoms with Crippen LogP contribution in [0.5, 0.6) is 0 Å². The van der Waals surface area contributed by atoms with E-state index in [0.717, 1.165) is 0 Å². The number of nitrogens with one attached hydrogen (secondary N) is 1. The van der Waals surface area contributed by atoms with Gasteiger partial charge in [-0.15, -0.1) is 0 Å². The minimum absolute atomic E-state index is 0.0915. The molecular formula is C16H14F3N7O. The van der Waals surface area contributed by atoms with E-state index < -0.39 is 12.6 Å². The normalized spacial score (nSPS) is 16.6. The minimum atomic E-state index is -4.22. The third-order valence-corrected chi connectivity index (χ3v) is 4.35. The number of fused-ring (bicyclic) bond motifs is 2. The molecule has 1 aliphatic heterocycles. The fraction of sp³-hybridized carbons (Fsp3) is 0.375. The molecule has 0 fully saturated rings. The van der Waals surface area contributed by atoms with Crippen LogP contribution in [0, 0.1) is 0 Å². The fourth-order valence-electron chi connectivity index (χ4n) is 2.92. The molecule has 8 nitrogen and oxygen atoms in total. The second-order valence-electron chi connectivity index (χ2n) is 6.28. The molecule has 3 aromatic rings. The molecule has 11 heteroatoms. The van der Waals surface area contributed by atoms with E-state index in [1.807, 2.05) is 0 Å². The molecule has 0 saturated carbocycles. The Morgan fingerprint density at radius 3 is 2.85 bits per heavy atom. The van der Waals surface area contributed by atoms with Crippen molar-refractivity contribution in [2.24, 2.45) is 0 Å². The van der Waals surface area contributed by atoms with Crippen LogP contribution in [0.4, 0.5) is 19.0 Å². The van der Waals surface area contributed by atoms with Crippen LogP contribution < -0.4 is 5.32 Å². The maximum absolute atomic E-state index is 12.4. The molecule has 0 saturated heterocycles. The summed E-state index contributed by atoms with van der Waals surface area (Å²) in [5.41, 5.74) is 1.81. The molecule has 27 heavy (non-hydrogen) atoms. The van der Waals surface area contributed by atoms with Crippen LogP contribution in [0.25, 0.3) is 17.2 Å². The second-order valence-corrected chi connectivity index (χ2v) is 6.28. The predicted molar refractivity (Wildman–Crippen MR) is 87.8 cm³/mol. The van der Waals surface area contributed by atoms with Crippen molar-refractivity contribution in [1.29, 1.82) is 0 Å². The quantitative estimate of drug-likeness (QED) is 0.750. The number of carbonyl (C=O) groups is 1. The number of hydrogen-bond acceptors (Lipinski definition) is 6. The standard InChI is InChI=1S/C16H14F3N7O/c1-8-9-5-20-13(24-12(9)25-15(8)27)11-6-26-14(21-7-22-26)10(23-11)3-2-4-16(17,18)19/h5-8H,2-4H2,1H3,(H,20,24,25,27). The maximum Gasteiger partial charge on any atom is 0.389 e. The molecule has 1 unspecified atom stereocenters. The maximum atomic E-state index is 12.4. The number of nitrogens with zero attached hydrogens (tertiary/aromatic N) is 6. The molecule has 1 atom stereocenters. The lowest BCUT2D eigenvalue weighted by atomic mass is 10.1. The Morgan fingerprint density at radius 1 is 1.26 bits per heavy atom. The van der Waals surface area contributed by atoms with Gasteiger partial charge in [0.2, 0.25) is 5.91 Å². The first kappa shape index (κ1) is 17.3. The van der Waals surface area contributed by atoms with Crippen LogP contribution in [0.15, 0.2) is 18.7 Å². The van der Waals surface area contributed by atoms with E-state index in [2.05, 4.69) is 30.4 Å². The van der Waals surface area contributed by atoms with Crippen molar-refractivity contribution in [2.75, 3.05) is 5.32 Å². The van der Waals surface area contributed by atoms with Crippen LogP contribution in [0.2, 0.25) is 0 Å². The van der Waals surface area contributed by atoms with Crippen LogP contribution in [0.1, 0.15) is 36.9 Å². The summed E-state index contributed by atoms with van der Waals surface area (Å²) in [4.78, 5) is 28.8. The first-order valence-electron chi connectivity index (χ1n) is 8.26. The number of halogens is 3. The zero-order valence-corrected chi connectivity index (χ0v) is 14.2. The van der Waals surface area contributed by atoms with Gasteiger partial charge in [-0.1, -0.05) is 0 Å². The van der Waals surface area contributed by atoms with E-state index in [-0.39, 0.29) is 30.5 Å². The van der Waals surface area contributed by atoms with Crippen molar-refractivity contribution < 1.29 is 18.0 Å². The lowest BCUT2D eigenvalue weighted by Gasteiger charge is -2.08. The van der Waals surface area contributed by atoms with E-state index in [1.165, 1.54) is 10.8 Å². The monoisotopic (exact) mass is 377 g/mol. The molecule has 0 radical (unpaired) electrons. The molecule has 0 spiro atoms. The van der Waals surface area contributed by atoms with Crippen molar-refractivity contribution in [2.45, 2.75) is 38.3 Å². The van der Waals surface area contributed by atoms with Crippen LogP contribution in [-0.4, -0.2) is 41.6 Å². The Morgan fingerprint density at radius 2 is 2.07 bits per heavy atom. The Kier molecular flexibility index (Phi) is 4.01. The van der Waals surface area contributed by atoms with Gasteiger partial charge >= 0.3 is 6.18 Å². The number of carbonyl (C=O) groups excluding carboxylic acids is 1. The highest BCUT2D eigenvalue weighted by atomic mass is 19.4. The molecule has 0 bridgehead atoms. The van der Waals surface area contributed by atoms with Gasteiger partial charge in [-0.25, -0.2) is 24.5 Å². The van der Waals surface area contributed by atoms with E-state index in [1.54, 1.807) is 19.3 Å². The van der Waals surface area contributed by atoms with E-state index >= 15 is 0 Å². The number of alkyl halides is 3. The molecule has 140 valence electrons. The lowest BCUT2D eigenvalue weighted by molar-refractivity contribution is -0.135. The average Bonchev–Trinajstić information content (AvgIpc) is 3.18. The van der Waals surface area contributed by atoms with Gasteiger partial charge in [0.1, 0.15) is 17.8 Å². The van der Waals surface area contributed by atoms with Crippen LogP contribution in [-0.2, 0) is 11.2 Å². The minimum Gasteiger partial charge on any atom is -0.310 e. The molecular weight excluding hydrogens is 363 g/mol. The molecule has 1 aliphatic rings. The van der Waals surface area contributed by atoms with Crippen molar-refractivity contribution in [3.8, 4) is 11.5 Å². The first-order valence-corrected chi connectivity index (χ1v) is 8.26. The number of amides is 1. The van der Waals surface area contributed by atoms with Crippen LogP contribution in [0.3, 0.4) is 0 Å². The average molecular weight is 377 g/mol. The third-order valence-electron chi connectivity index (χ3n) is 4.35. The molecule has 4 rings (SSSR count). The van der Waals surface area contributed by atoms with Gasteiger partial charge in [0.15, 0.2) is 11.5 Å². The summed E-state index contributed by atoms with van der Waals surface area (Å²) < 4.78 is 38.8. The Labute approximate surface area is 150 Å². The highest BCUT2D eigenvalue weighted by Gasteiger charge is 2.29. The second kappa shape index (κ2) is 6.25. The van der Waals surface area contributed by atoms with E-state index in [9.17, 15) is 18.0 Å². The summed E-state index contributed by atoms with van der Waals surface area (Å²) in [5, 5.41) is 6.71. The Balaban J connectivity index is 1.69. The zero-order valence-electron chi connectivity index (χ0n) is 14.2. The number of aryl methyl sites for hydroxylation is 1. The Bertz CT molecular complexity index is 1030. The van der Waals surface area contributed by atoms with Crippen molar-refractivity contribution in [3.05, 3.63) is 30.0 Å². The lowest BCUT2D eigenvalue weighted by Crippen LogP contribution is -2.09. The summed E-state index contributed by atoms with van der Waals surface area (Å²) >= 11 is 0. The molecule has 0 aromatic carbocycles. The summed E-state index contributed by atoms with van der Waals surface area (Å²) in [6.45, 7) is 1.75. The smallest absolute Gasteiger partial charge is 0.310 e. The Hall–Kier alpha value is -3.11. The molecule has 3 aromatic heterocycles. The van der Waals surface area contributed by atoms with Gasteiger partial charge < -0.3 is 5.32 Å². The fourth-order valence-corrected chi connectivity index (χ4v) is 2.92. The van der Waals surface area contributed by atoms with Crippen LogP contribution >= 0.6 is 0 Å². The first-order chi connectivity index (χ1) is 12.8. The summed E-state index contributed by atoms with van der Waals surface area (Å²) in [5.74, 6) is 0.163. The van der Waals surface area contributed by atoms with E-state index in [0.29, 0.717) is 28.4 Å². The van der Waals surface area contributed by atoms with Crippen molar-refractivity contribution in [1.82, 2.24) is 29.5 Å². The summed E-state index contributed by atoms with van der Waals surface area (Å²) in [6.07, 6.45) is -0.735. The highest BCUT2D eigenvalue weighted by Crippen LogP contribution is 2.31. The third kappa shape index (κ3) is 3.32. The predicted octanol–water partition coefficient (Wildman–Crippen LogP) is 2.52.